The fourth-order valence-electron chi connectivity index (χ4n) is 5.42. The first kappa shape index (κ1) is 32.9. The summed E-state index contributed by atoms with van der Waals surface area (Å²) in [6, 6.07) is 10.2. The predicted octanol–water partition coefficient (Wildman–Crippen LogP) is 6.44. The lowest BCUT2D eigenvalue weighted by molar-refractivity contribution is -0.126. The molecule has 2 aliphatic heterocycles. The first-order valence-corrected chi connectivity index (χ1v) is 17.9. The summed E-state index contributed by atoms with van der Waals surface area (Å²) in [6.45, 7) is 4.61. The van der Waals surface area contributed by atoms with Gasteiger partial charge in [0.2, 0.25) is 6.86 Å². The maximum atomic E-state index is 13.7. The van der Waals surface area contributed by atoms with Gasteiger partial charge in [-0.3, -0.25) is 4.90 Å². The first-order chi connectivity index (χ1) is 21.4. The van der Waals surface area contributed by atoms with Gasteiger partial charge >= 0.3 is 12.3 Å². The number of nitrogens with zero attached hydrogens (tertiary/aromatic N) is 1. The van der Waals surface area contributed by atoms with Gasteiger partial charge in [-0.15, -0.1) is 11.3 Å². The molecule has 2 aliphatic rings. The van der Waals surface area contributed by atoms with Crippen LogP contribution in [0.15, 0.2) is 36.4 Å². The highest BCUT2D eigenvalue weighted by atomic mass is 32.1. The van der Waals surface area contributed by atoms with Crippen LogP contribution in [0, 0.1) is 11.8 Å². The average Bonchev–Trinajstić information content (AvgIpc) is 3.54. The normalized spacial score (nSPS) is 17.8. The van der Waals surface area contributed by atoms with Gasteiger partial charge in [-0.2, -0.15) is 13.2 Å². The van der Waals surface area contributed by atoms with Crippen LogP contribution in [0.25, 0.3) is 10.1 Å². The SMILES string of the molecule is CP(C)(=O)c1ccc(NCC#Cc2sc3c(NC4CCN(CC5COC(=O)O5)CC4)cccc3c2CC(F)(F)F)c(OCF)c1. The van der Waals surface area contributed by atoms with Crippen molar-refractivity contribution in [2.75, 3.05) is 63.6 Å². The van der Waals surface area contributed by atoms with E-state index in [9.17, 15) is 26.9 Å². The summed E-state index contributed by atoms with van der Waals surface area (Å²) in [5, 5.41) is 7.61. The molecule has 8 nitrogen and oxygen atoms in total. The first-order valence-electron chi connectivity index (χ1n) is 14.4. The summed E-state index contributed by atoms with van der Waals surface area (Å²) in [4.78, 5) is 13.7. The Morgan fingerprint density at radius 2 is 1.93 bits per heavy atom. The smallest absolute Gasteiger partial charge is 0.461 e. The molecule has 45 heavy (non-hydrogen) atoms. The number of rotatable bonds is 10. The van der Waals surface area contributed by atoms with E-state index in [1.54, 1.807) is 37.6 Å². The fraction of sp³-hybridized carbons (Fsp3) is 0.452. The van der Waals surface area contributed by atoms with E-state index in [-0.39, 0.29) is 36.6 Å². The van der Waals surface area contributed by atoms with E-state index >= 15 is 0 Å². The highest BCUT2D eigenvalue weighted by molar-refractivity contribution is 7.70. The highest BCUT2D eigenvalue weighted by Gasteiger charge is 2.32. The van der Waals surface area contributed by atoms with E-state index in [4.69, 9.17) is 14.2 Å². The van der Waals surface area contributed by atoms with Crippen molar-refractivity contribution >= 4 is 51.4 Å². The van der Waals surface area contributed by atoms with Gasteiger partial charge in [0.05, 0.1) is 33.9 Å². The second kappa shape index (κ2) is 13.9. The molecule has 3 heterocycles. The van der Waals surface area contributed by atoms with E-state index in [1.165, 1.54) is 17.4 Å². The number of thiophene rings is 1. The van der Waals surface area contributed by atoms with E-state index in [0.29, 0.717) is 32.5 Å². The maximum Gasteiger partial charge on any atom is 0.508 e. The summed E-state index contributed by atoms with van der Waals surface area (Å²) >= 11 is 1.22. The third-order valence-electron chi connectivity index (χ3n) is 7.62. The molecule has 2 N–H and O–H groups in total. The zero-order chi connectivity index (χ0) is 32.2. The third-order valence-corrected chi connectivity index (χ3v) is 10.3. The van der Waals surface area contributed by atoms with Crippen molar-refractivity contribution in [2.24, 2.45) is 0 Å². The molecule has 1 aromatic heterocycles. The number of fused-ring (bicyclic) bond motifs is 1. The molecule has 14 heteroatoms. The molecular weight excluding hydrogens is 633 g/mol. The number of likely N-dealkylation sites (tertiary alicyclic amines) is 1. The minimum Gasteiger partial charge on any atom is -0.461 e. The van der Waals surface area contributed by atoms with E-state index in [0.717, 1.165) is 31.6 Å². The number of hydrogen-bond acceptors (Lipinski definition) is 9. The van der Waals surface area contributed by atoms with Gasteiger partial charge in [-0.25, -0.2) is 9.18 Å². The Labute approximate surface area is 262 Å². The monoisotopic (exact) mass is 667 g/mol. The lowest BCUT2D eigenvalue weighted by Crippen LogP contribution is -2.43. The molecule has 5 rings (SSSR count). The summed E-state index contributed by atoms with van der Waals surface area (Å²) in [5.74, 6) is 6.00. The molecule has 2 saturated heterocycles. The highest BCUT2D eigenvalue weighted by Crippen LogP contribution is 2.40. The van der Waals surface area contributed by atoms with Gasteiger partial charge in [0.1, 0.15) is 19.5 Å². The molecule has 3 aromatic rings. The number of nitrogens with one attached hydrogen (secondary N) is 2. The number of halogens is 4. The fourth-order valence-corrected chi connectivity index (χ4v) is 7.45. The Hall–Kier alpha value is -3.46. The molecule has 0 amide bonds. The largest absolute Gasteiger partial charge is 0.508 e. The Bertz CT molecular complexity index is 1640. The quantitative estimate of drug-likeness (QED) is 0.111. The molecule has 2 aromatic carbocycles. The van der Waals surface area contributed by atoms with Crippen molar-refractivity contribution < 1.29 is 41.1 Å². The summed E-state index contributed by atoms with van der Waals surface area (Å²) < 4.78 is 82.2. The molecule has 0 radical (unpaired) electrons. The lowest BCUT2D eigenvalue weighted by atomic mass is 10.0. The Balaban J connectivity index is 1.30. The summed E-state index contributed by atoms with van der Waals surface area (Å²) in [6.07, 6.45) is -4.80. The number of hydrogen-bond donors (Lipinski definition) is 2. The molecular formula is C31H34F4N3O5PS. The number of anilines is 2. The van der Waals surface area contributed by atoms with Crippen LogP contribution in [0.1, 0.15) is 23.3 Å². The Morgan fingerprint density at radius 1 is 1.16 bits per heavy atom. The zero-order valence-electron chi connectivity index (χ0n) is 24.8. The Morgan fingerprint density at radius 3 is 2.60 bits per heavy atom. The van der Waals surface area contributed by atoms with E-state index in [1.807, 2.05) is 6.07 Å². The number of alkyl halides is 4. The average molecular weight is 668 g/mol. The van der Waals surface area contributed by atoms with E-state index < -0.39 is 32.8 Å². The summed E-state index contributed by atoms with van der Waals surface area (Å²) in [5.41, 5.74) is 1.33. The van der Waals surface area contributed by atoms with Crippen LogP contribution in [0.5, 0.6) is 5.75 Å². The van der Waals surface area contributed by atoms with Crippen molar-refractivity contribution in [1.29, 1.82) is 0 Å². The second-order valence-electron chi connectivity index (χ2n) is 11.3. The van der Waals surface area contributed by atoms with Crippen molar-refractivity contribution in [3.05, 3.63) is 46.8 Å². The van der Waals surface area contributed by atoms with Crippen LogP contribution in [0.2, 0.25) is 0 Å². The van der Waals surface area contributed by atoms with Crippen LogP contribution in [-0.4, -0.2) is 82.4 Å². The minimum atomic E-state index is -4.42. The van der Waals surface area contributed by atoms with Crippen molar-refractivity contribution in [3.8, 4) is 17.6 Å². The minimum absolute atomic E-state index is 0.0630. The van der Waals surface area contributed by atoms with Gasteiger partial charge in [0, 0.05) is 31.0 Å². The van der Waals surface area contributed by atoms with Crippen molar-refractivity contribution in [3.63, 3.8) is 0 Å². The van der Waals surface area contributed by atoms with Gasteiger partial charge in [0.15, 0.2) is 6.10 Å². The van der Waals surface area contributed by atoms with Gasteiger partial charge in [0.25, 0.3) is 0 Å². The molecule has 0 bridgehead atoms. The zero-order valence-corrected chi connectivity index (χ0v) is 26.5. The topological polar surface area (TPSA) is 89.1 Å². The molecule has 0 saturated carbocycles. The van der Waals surface area contributed by atoms with Crippen LogP contribution in [-0.2, 0) is 20.5 Å². The standard InChI is InChI=1S/C31H34F4N3O5PS/c1-44(2,40)22-8-9-25(27(15-22)42-19-32)36-12-4-7-28-24(16-31(33,34)35)23-5-3-6-26(29(23)45-28)37-20-10-13-38(14-11-20)17-21-18-41-30(39)43-21/h3,5-6,8-9,15,20-21,36-37H,10-14,16-19H2,1-2H3. The molecule has 242 valence electrons. The van der Waals surface area contributed by atoms with Crippen LogP contribution in [0.4, 0.5) is 33.7 Å². The van der Waals surface area contributed by atoms with Gasteiger partial charge < -0.3 is 29.4 Å². The molecule has 0 aliphatic carbocycles. The number of carbonyl (C=O) groups is 1. The Kier molecular flexibility index (Phi) is 10.2. The number of benzene rings is 2. The number of ether oxygens (including phenoxy) is 3. The molecule has 2 fully saturated rings. The van der Waals surface area contributed by atoms with Gasteiger partial charge in [-0.05, 0) is 61.4 Å². The summed E-state index contributed by atoms with van der Waals surface area (Å²) in [7, 11) is -2.60. The van der Waals surface area contributed by atoms with Crippen LogP contribution < -0.4 is 20.7 Å². The van der Waals surface area contributed by atoms with Crippen molar-refractivity contribution in [2.45, 2.75) is 37.6 Å². The molecule has 0 spiro atoms. The van der Waals surface area contributed by atoms with Crippen molar-refractivity contribution in [1.82, 2.24) is 4.90 Å². The van der Waals surface area contributed by atoms with E-state index in [2.05, 4.69) is 27.4 Å². The third kappa shape index (κ3) is 8.63. The van der Waals surface area contributed by atoms with Crippen LogP contribution >= 0.6 is 18.5 Å². The van der Waals surface area contributed by atoms with Crippen LogP contribution in [0.3, 0.4) is 0 Å². The number of piperidine rings is 1. The number of cyclic esters (lactones) is 2. The number of carbonyl (C=O) groups excluding carboxylic acids is 1. The lowest BCUT2D eigenvalue weighted by Gasteiger charge is -2.33. The second-order valence-corrected chi connectivity index (χ2v) is 15.6. The van der Waals surface area contributed by atoms with Gasteiger partial charge in [-0.1, -0.05) is 24.0 Å². The molecule has 1 atom stereocenters. The maximum absolute atomic E-state index is 13.7. The molecule has 1 unspecified atom stereocenters. The predicted molar refractivity (Wildman–Crippen MR) is 168 cm³/mol.